The van der Waals surface area contributed by atoms with Gasteiger partial charge >= 0.3 is 6.03 Å². The van der Waals surface area contributed by atoms with Gasteiger partial charge in [-0.2, -0.15) is 0 Å². The molecule has 6 heteroatoms. The number of anilines is 2. The second kappa shape index (κ2) is 13.4. The fraction of sp³-hybridized carbons (Fsp3) is 0.472. The molecule has 5 nitrogen and oxygen atoms in total. The number of hydrogen-bond acceptors (Lipinski definition) is 4. The highest BCUT2D eigenvalue weighted by atomic mass is 32.1. The number of urea groups is 1. The van der Waals surface area contributed by atoms with Gasteiger partial charge in [-0.3, -0.25) is 15.1 Å². The van der Waals surface area contributed by atoms with Crippen LogP contribution in [0.4, 0.5) is 15.5 Å². The number of nitrogens with one attached hydrogen (secondary N) is 2. The van der Waals surface area contributed by atoms with Crippen LogP contribution >= 0.6 is 11.3 Å². The highest BCUT2D eigenvalue weighted by Crippen LogP contribution is 2.47. The monoisotopic (exact) mass is 587 g/mol. The van der Waals surface area contributed by atoms with Gasteiger partial charge in [0.1, 0.15) is 10.8 Å². The summed E-state index contributed by atoms with van der Waals surface area (Å²) in [5.74, 6) is 0.561. The normalized spacial score (nSPS) is 12.7. The van der Waals surface area contributed by atoms with Crippen molar-refractivity contribution in [2.75, 3.05) is 10.6 Å². The number of Topliss-reactive ketones (excluding diaryl/α,β-unsaturated/α-hetero) is 1. The maximum absolute atomic E-state index is 13.4. The molecule has 0 radical (unpaired) electrons. The molecule has 2 amide bonds. The van der Waals surface area contributed by atoms with E-state index in [4.69, 9.17) is 0 Å². The van der Waals surface area contributed by atoms with E-state index in [0.29, 0.717) is 18.0 Å². The van der Waals surface area contributed by atoms with Crippen LogP contribution in [0.1, 0.15) is 109 Å². The van der Waals surface area contributed by atoms with Gasteiger partial charge in [-0.15, -0.1) is 11.3 Å². The van der Waals surface area contributed by atoms with Crippen LogP contribution in [0.15, 0.2) is 49.2 Å². The predicted molar refractivity (Wildman–Crippen MR) is 181 cm³/mol. The first-order valence-corrected chi connectivity index (χ1v) is 15.9. The van der Waals surface area contributed by atoms with Crippen LogP contribution in [0.25, 0.3) is 16.7 Å². The van der Waals surface area contributed by atoms with E-state index >= 15 is 0 Å². The third kappa shape index (κ3) is 7.57. The van der Waals surface area contributed by atoms with E-state index in [1.54, 1.807) is 11.3 Å². The number of ketones is 1. The number of amides is 2. The smallest absolute Gasteiger partial charge is 0.308 e. The SMILES string of the molecule is C=C(c1cc(C(C)(C)C)sc1NC(=O)Nc1ccc(C)c(-c2ccc(C(C)C)nc2)c1)C(CCC)C(C)(C)C(=O)CC. The number of carbonyl (C=O) groups excluding carboxylic acids is 2. The molecule has 0 saturated carbocycles. The van der Waals surface area contributed by atoms with Crippen LogP contribution in [-0.4, -0.2) is 16.8 Å². The van der Waals surface area contributed by atoms with Crippen LogP contribution in [0.2, 0.25) is 0 Å². The van der Waals surface area contributed by atoms with Gasteiger partial charge in [0.15, 0.2) is 0 Å². The van der Waals surface area contributed by atoms with Crippen molar-refractivity contribution < 1.29 is 9.59 Å². The lowest BCUT2D eigenvalue weighted by Crippen LogP contribution is -2.33. The zero-order valence-electron chi connectivity index (χ0n) is 27.2. The molecule has 3 rings (SSSR count). The third-order valence-corrected chi connectivity index (χ3v) is 9.61. The number of carbonyl (C=O) groups is 2. The van der Waals surface area contributed by atoms with Crippen molar-refractivity contribution in [3.8, 4) is 11.1 Å². The summed E-state index contributed by atoms with van der Waals surface area (Å²) in [6, 6.07) is 11.9. The summed E-state index contributed by atoms with van der Waals surface area (Å²) in [5, 5.41) is 6.92. The van der Waals surface area contributed by atoms with Crippen LogP contribution in [0, 0.1) is 18.3 Å². The van der Waals surface area contributed by atoms with Crippen LogP contribution in [0.5, 0.6) is 0 Å². The molecule has 2 N–H and O–H groups in total. The first-order valence-electron chi connectivity index (χ1n) is 15.1. The Morgan fingerprint density at radius 2 is 1.69 bits per heavy atom. The van der Waals surface area contributed by atoms with Gasteiger partial charge in [-0.1, -0.05) is 87.4 Å². The molecule has 1 atom stereocenters. The Balaban J connectivity index is 1.92. The van der Waals surface area contributed by atoms with Crippen molar-refractivity contribution in [1.29, 1.82) is 0 Å². The molecule has 226 valence electrons. The minimum absolute atomic E-state index is 0.0312. The molecule has 0 aliphatic carbocycles. The number of nitrogens with zero attached hydrogens (tertiary/aromatic N) is 1. The second-order valence-electron chi connectivity index (χ2n) is 13.2. The van der Waals surface area contributed by atoms with Crippen molar-refractivity contribution in [3.63, 3.8) is 0 Å². The number of aromatic nitrogens is 1. The zero-order chi connectivity index (χ0) is 31.4. The molecule has 3 aromatic rings. The van der Waals surface area contributed by atoms with E-state index in [2.05, 4.69) is 88.9 Å². The summed E-state index contributed by atoms with van der Waals surface area (Å²) >= 11 is 1.57. The van der Waals surface area contributed by atoms with Crippen LogP contribution < -0.4 is 10.6 Å². The molecule has 1 aromatic carbocycles. The number of hydrogen-bond donors (Lipinski definition) is 2. The number of allylic oxidation sites excluding steroid dienone is 1. The maximum Gasteiger partial charge on any atom is 0.324 e. The molecule has 0 saturated heterocycles. The summed E-state index contributed by atoms with van der Waals surface area (Å²) in [6.07, 6.45) is 4.18. The van der Waals surface area contributed by atoms with Gasteiger partial charge in [0.25, 0.3) is 0 Å². The average Bonchev–Trinajstić information content (AvgIpc) is 3.36. The van der Waals surface area contributed by atoms with E-state index in [1.165, 1.54) is 0 Å². The minimum Gasteiger partial charge on any atom is -0.308 e. The van der Waals surface area contributed by atoms with Crippen LogP contribution in [-0.2, 0) is 10.2 Å². The topological polar surface area (TPSA) is 71.1 Å². The predicted octanol–water partition coefficient (Wildman–Crippen LogP) is 10.6. The Morgan fingerprint density at radius 3 is 2.24 bits per heavy atom. The minimum atomic E-state index is -0.550. The van der Waals surface area contributed by atoms with Gasteiger partial charge in [-0.25, -0.2) is 4.79 Å². The molecule has 0 bridgehead atoms. The molecular weight excluding hydrogens is 538 g/mol. The van der Waals surface area contributed by atoms with Gasteiger partial charge in [0, 0.05) is 45.4 Å². The summed E-state index contributed by atoms with van der Waals surface area (Å²) in [6.45, 7) is 25.5. The Bertz CT molecular complexity index is 1420. The van der Waals surface area contributed by atoms with Gasteiger partial charge in [-0.05, 0) is 71.6 Å². The number of benzene rings is 1. The van der Waals surface area contributed by atoms with Gasteiger partial charge in [0.05, 0.1) is 0 Å². The molecule has 0 fully saturated rings. The molecule has 0 aliphatic rings. The largest absolute Gasteiger partial charge is 0.324 e. The van der Waals surface area contributed by atoms with Crippen molar-refractivity contribution in [2.24, 2.45) is 11.3 Å². The molecule has 1 unspecified atom stereocenters. The fourth-order valence-corrected chi connectivity index (χ4v) is 6.52. The molecular formula is C36H49N3O2S. The molecule has 2 heterocycles. The average molecular weight is 588 g/mol. The van der Waals surface area contributed by atoms with Gasteiger partial charge < -0.3 is 5.32 Å². The molecule has 42 heavy (non-hydrogen) atoms. The maximum atomic E-state index is 13.4. The highest BCUT2D eigenvalue weighted by Gasteiger charge is 2.38. The Kier molecular flexibility index (Phi) is 10.6. The van der Waals surface area contributed by atoms with Gasteiger partial charge in [0.2, 0.25) is 0 Å². The zero-order valence-corrected chi connectivity index (χ0v) is 28.0. The van der Waals surface area contributed by atoms with Crippen LogP contribution in [0.3, 0.4) is 0 Å². The molecule has 0 spiro atoms. The lowest BCUT2D eigenvalue weighted by Gasteiger charge is -2.34. The van der Waals surface area contributed by atoms with Crippen molar-refractivity contribution >= 4 is 39.4 Å². The number of thiophene rings is 1. The van der Waals surface area contributed by atoms with E-state index < -0.39 is 5.41 Å². The first-order chi connectivity index (χ1) is 19.6. The van der Waals surface area contributed by atoms with E-state index in [1.807, 2.05) is 45.2 Å². The molecule has 0 aliphatic heterocycles. The lowest BCUT2D eigenvalue weighted by atomic mass is 9.68. The van der Waals surface area contributed by atoms with Crippen molar-refractivity contribution in [3.05, 3.63) is 70.9 Å². The quantitative estimate of drug-likeness (QED) is 0.234. The fourth-order valence-electron chi connectivity index (χ4n) is 5.37. The summed E-state index contributed by atoms with van der Waals surface area (Å²) in [5.41, 5.74) is 6.07. The van der Waals surface area contributed by atoms with Crippen molar-refractivity contribution in [1.82, 2.24) is 4.98 Å². The summed E-state index contributed by atoms with van der Waals surface area (Å²) in [4.78, 5) is 32.2. The lowest BCUT2D eigenvalue weighted by molar-refractivity contribution is -0.128. The Hall–Kier alpha value is -3.25. The van der Waals surface area contributed by atoms with E-state index in [0.717, 1.165) is 56.2 Å². The van der Waals surface area contributed by atoms with E-state index in [9.17, 15) is 9.59 Å². The number of rotatable bonds is 11. The Labute approximate surface area is 257 Å². The third-order valence-electron chi connectivity index (χ3n) is 8.14. The Morgan fingerprint density at radius 1 is 1.00 bits per heavy atom. The van der Waals surface area contributed by atoms with Crippen molar-refractivity contribution in [2.45, 2.75) is 99.8 Å². The summed E-state index contributed by atoms with van der Waals surface area (Å²) in [7, 11) is 0. The van der Waals surface area contributed by atoms with E-state index in [-0.39, 0.29) is 23.1 Å². The summed E-state index contributed by atoms with van der Waals surface area (Å²) < 4.78 is 0. The standard InChI is InChI=1S/C36H49N3O2S/c1-12-14-29(36(10,11)31(40)13-2)24(6)28-20-32(35(7,8)9)42-33(28)39-34(41)38-26-17-15-23(5)27(19-26)25-16-18-30(22(3)4)37-21-25/h15-22,29H,6,12-14H2,1-5,7-11H3,(H2,38,39,41). The highest BCUT2D eigenvalue weighted by molar-refractivity contribution is 7.16. The number of aryl methyl sites for hydroxylation is 1. The molecule has 2 aromatic heterocycles. The second-order valence-corrected chi connectivity index (χ2v) is 14.3. The number of pyridine rings is 1. The first kappa shape index (κ1) is 33.3.